The fraction of sp³-hybridized carbons (Fsp3) is 0.367. The molecule has 1 aliphatic heterocycles. The third-order valence-electron chi connectivity index (χ3n) is 7.81. The fourth-order valence-electron chi connectivity index (χ4n) is 5.77. The van der Waals surface area contributed by atoms with Crippen LogP contribution in [0.25, 0.3) is 32.8 Å². The van der Waals surface area contributed by atoms with E-state index >= 15 is 0 Å². The molecule has 1 unspecified atom stereocenters. The van der Waals surface area contributed by atoms with Crippen LogP contribution in [-0.4, -0.2) is 48.4 Å². The monoisotopic (exact) mass is 518 g/mol. The van der Waals surface area contributed by atoms with Gasteiger partial charge in [-0.2, -0.15) is 5.10 Å². The molecule has 2 aliphatic rings. The summed E-state index contributed by atoms with van der Waals surface area (Å²) in [5, 5.41) is 6.92. The Balaban J connectivity index is 1.44. The molecule has 0 spiro atoms. The van der Waals surface area contributed by atoms with Crippen LogP contribution in [-0.2, 0) is 13.1 Å². The van der Waals surface area contributed by atoms with Gasteiger partial charge in [0.25, 0.3) is 5.56 Å². The molecular formula is C30H30N8O. The van der Waals surface area contributed by atoms with Crippen LogP contribution in [0, 0.1) is 11.8 Å². The van der Waals surface area contributed by atoms with Crippen LogP contribution in [0.4, 0.5) is 5.95 Å². The van der Waals surface area contributed by atoms with Gasteiger partial charge in [0, 0.05) is 42.0 Å². The minimum absolute atomic E-state index is 0.0868. The Hall–Kier alpha value is -4.29. The predicted molar refractivity (Wildman–Crippen MR) is 153 cm³/mol. The molecule has 0 bridgehead atoms. The van der Waals surface area contributed by atoms with Gasteiger partial charge in [-0.25, -0.2) is 14.6 Å². The molecule has 1 aromatic carbocycles. The molecule has 2 N–H and O–H groups in total. The van der Waals surface area contributed by atoms with Crippen LogP contribution in [0.5, 0.6) is 0 Å². The second-order valence-electron chi connectivity index (χ2n) is 10.6. The van der Waals surface area contributed by atoms with Gasteiger partial charge in [-0.15, -0.1) is 5.92 Å². The van der Waals surface area contributed by atoms with Crippen molar-refractivity contribution in [3.8, 4) is 11.8 Å². The zero-order valence-corrected chi connectivity index (χ0v) is 22.0. The molecule has 0 radical (unpaired) electrons. The summed E-state index contributed by atoms with van der Waals surface area (Å²) in [7, 11) is 0. The average Bonchev–Trinajstić information content (AvgIpc) is 3.73. The largest absolute Gasteiger partial charge is 0.341 e. The number of imidazole rings is 1. The van der Waals surface area contributed by atoms with Crippen LogP contribution in [0.1, 0.15) is 49.9 Å². The van der Waals surface area contributed by atoms with E-state index in [0.717, 1.165) is 71.4 Å². The first-order valence-corrected chi connectivity index (χ1v) is 13.7. The van der Waals surface area contributed by atoms with Gasteiger partial charge in [0.1, 0.15) is 11.0 Å². The summed E-state index contributed by atoms with van der Waals surface area (Å²) < 4.78 is 3.56. The molecule has 39 heavy (non-hydrogen) atoms. The molecule has 4 aromatic heterocycles. The van der Waals surface area contributed by atoms with Crippen molar-refractivity contribution in [1.82, 2.24) is 29.3 Å². The number of fused-ring (bicyclic) bond motifs is 4. The van der Waals surface area contributed by atoms with Gasteiger partial charge in [-0.05, 0) is 44.7 Å². The van der Waals surface area contributed by atoms with Gasteiger partial charge < -0.3 is 10.6 Å². The maximum absolute atomic E-state index is 14.2. The molecule has 196 valence electrons. The summed E-state index contributed by atoms with van der Waals surface area (Å²) in [6.45, 7) is 4.04. The molecule has 1 saturated carbocycles. The van der Waals surface area contributed by atoms with E-state index < -0.39 is 0 Å². The second kappa shape index (κ2) is 9.47. The molecule has 1 aliphatic carbocycles. The van der Waals surface area contributed by atoms with Crippen molar-refractivity contribution in [2.75, 3.05) is 18.0 Å². The molecule has 9 heteroatoms. The summed E-state index contributed by atoms with van der Waals surface area (Å²) in [6.07, 6.45) is 5.88. The molecule has 1 saturated heterocycles. The van der Waals surface area contributed by atoms with Gasteiger partial charge in [-0.1, -0.05) is 30.2 Å². The van der Waals surface area contributed by atoms with Gasteiger partial charge in [-0.3, -0.25) is 14.3 Å². The van der Waals surface area contributed by atoms with Crippen molar-refractivity contribution < 1.29 is 0 Å². The maximum atomic E-state index is 14.2. The van der Waals surface area contributed by atoms with Crippen LogP contribution >= 0.6 is 0 Å². The highest BCUT2D eigenvalue weighted by Gasteiger charge is 2.33. The standard InChI is InChI=1S/C30H30N8O/c1-2-3-16-37-28-27(34-30(37)36-15-7-8-20(31)17-36)25(19-12-13-19)35-38(29(28)39)18-24-21-9-4-5-10-22(21)26-23(33-24)11-6-14-32-26/h4-6,9-11,14,19-20H,7-8,12-13,15-18,31H2,1H3. The predicted octanol–water partition coefficient (Wildman–Crippen LogP) is 3.57. The molecule has 5 aromatic rings. The number of aromatic nitrogens is 6. The summed E-state index contributed by atoms with van der Waals surface area (Å²) in [5.41, 5.74) is 10.8. The Bertz CT molecular complexity index is 1860. The highest BCUT2D eigenvalue weighted by atomic mass is 16.1. The number of rotatable bonds is 5. The van der Waals surface area contributed by atoms with Gasteiger partial charge in [0.15, 0.2) is 0 Å². The van der Waals surface area contributed by atoms with Gasteiger partial charge in [0.05, 0.1) is 35.5 Å². The molecule has 9 nitrogen and oxygen atoms in total. The Kier molecular flexibility index (Phi) is 5.78. The minimum Gasteiger partial charge on any atom is -0.341 e. The molecule has 1 atom stereocenters. The molecular weight excluding hydrogens is 488 g/mol. The Morgan fingerprint density at radius 3 is 2.69 bits per heavy atom. The lowest BCUT2D eigenvalue weighted by Gasteiger charge is -2.31. The zero-order chi connectivity index (χ0) is 26.5. The maximum Gasteiger partial charge on any atom is 0.293 e. The normalized spacial score (nSPS) is 17.6. The Morgan fingerprint density at radius 2 is 1.90 bits per heavy atom. The molecule has 2 fully saturated rings. The van der Waals surface area contributed by atoms with E-state index in [4.69, 9.17) is 20.8 Å². The zero-order valence-electron chi connectivity index (χ0n) is 22.0. The van der Waals surface area contributed by atoms with Crippen LogP contribution in [0.2, 0.25) is 0 Å². The lowest BCUT2D eigenvalue weighted by molar-refractivity contribution is 0.496. The fourth-order valence-corrected chi connectivity index (χ4v) is 5.77. The van der Waals surface area contributed by atoms with E-state index in [2.05, 4.69) is 27.8 Å². The van der Waals surface area contributed by atoms with Gasteiger partial charge in [0.2, 0.25) is 5.95 Å². The highest BCUT2D eigenvalue weighted by Crippen LogP contribution is 2.42. The van der Waals surface area contributed by atoms with E-state index in [1.807, 2.05) is 41.8 Å². The van der Waals surface area contributed by atoms with Crippen molar-refractivity contribution >= 4 is 38.8 Å². The summed E-state index contributed by atoms with van der Waals surface area (Å²) in [5.74, 6) is 7.23. The van der Waals surface area contributed by atoms with Crippen LogP contribution < -0.4 is 16.2 Å². The third kappa shape index (κ3) is 4.12. The van der Waals surface area contributed by atoms with E-state index in [1.165, 1.54) is 0 Å². The van der Waals surface area contributed by atoms with E-state index in [9.17, 15) is 4.79 Å². The quantitative estimate of drug-likeness (QED) is 0.280. The van der Waals surface area contributed by atoms with Crippen molar-refractivity contribution in [1.29, 1.82) is 0 Å². The third-order valence-corrected chi connectivity index (χ3v) is 7.81. The van der Waals surface area contributed by atoms with E-state index in [1.54, 1.807) is 10.9 Å². The highest BCUT2D eigenvalue weighted by molar-refractivity contribution is 6.04. The van der Waals surface area contributed by atoms with Crippen molar-refractivity contribution in [3.63, 3.8) is 0 Å². The smallest absolute Gasteiger partial charge is 0.293 e. The Morgan fingerprint density at radius 1 is 1.05 bits per heavy atom. The number of nitrogens with two attached hydrogens (primary N) is 1. The number of benzene rings is 1. The van der Waals surface area contributed by atoms with E-state index in [-0.39, 0.29) is 18.1 Å². The molecule has 0 amide bonds. The molecule has 5 heterocycles. The first-order chi connectivity index (χ1) is 19.1. The van der Waals surface area contributed by atoms with Gasteiger partial charge >= 0.3 is 0 Å². The second-order valence-corrected chi connectivity index (χ2v) is 10.6. The lowest BCUT2D eigenvalue weighted by atomic mass is 10.1. The summed E-state index contributed by atoms with van der Waals surface area (Å²) >= 11 is 0. The topological polar surface area (TPSA) is 108 Å². The Labute approximate surface area is 225 Å². The number of anilines is 1. The van der Waals surface area contributed by atoms with Crippen molar-refractivity contribution in [2.45, 2.75) is 57.7 Å². The van der Waals surface area contributed by atoms with Crippen LogP contribution in [0.3, 0.4) is 0 Å². The number of hydrogen-bond donors (Lipinski definition) is 1. The van der Waals surface area contributed by atoms with Crippen molar-refractivity contribution in [3.05, 3.63) is 64.3 Å². The van der Waals surface area contributed by atoms with E-state index in [0.29, 0.717) is 30.0 Å². The average molecular weight is 519 g/mol. The number of hydrogen-bond acceptors (Lipinski definition) is 7. The first-order valence-electron chi connectivity index (χ1n) is 13.7. The summed E-state index contributed by atoms with van der Waals surface area (Å²) in [6, 6.07) is 12.0. The number of nitrogens with zero attached hydrogens (tertiary/aromatic N) is 7. The van der Waals surface area contributed by atoms with Crippen molar-refractivity contribution in [2.24, 2.45) is 5.73 Å². The number of pyridine rings is 2. The first kappa shape index (κ1) is 23.8. The molecule has 7 rings (SSSR count). The number of piperidine rings is 1. The lowest BCUT2D eigenvalue weighted by Crippen LogP contribution is -2.44. The van der Waals surface area contributed by atoms with Crippen LogP contribution in [0.15, 0.2) is 47.4 Å². The SMILES string of the molecule is CC#CCn1c(N2CCCC(N)C2)nc2c(C3CC3)nn(Cc3nc4cccnc4c4ccccc34)c(=O)c21. The minimum atomic E-state index is -0.176. The summed E-state index contributed by atoms with van der Waals surface area (Å²) in [4.78, 5) is 30.9.